The summed E-state index contributed by atoms with van der Waals surface area (Å²) in [4.78, 5) is 24.5. The van der Waals surface area contributed by atoms with Crippen molar-refractivity contribution in [3.8, 4) is 0 Å². The van der Waals surface area contributed by atoms with Crippen LogP contribution < -0.4 is 10.2 Å². The van der Waals surface area contributed by atoms with Gasteiger partial charge in [0.2, 0.25) is 5.95 Å². The average Bonchev–Trinajstić information content (AvgIpc) is 2.99. The van der Waals surface area contributed by atoms with Gasteiger partial charge >= 0.3 is 0 Å². The van der Waals surface area contributed by atoms with Crippen molar-refractivity contribution < 1.29 is 13.9 Å². The molecule has 2 aromatic heterocycles. The molecule has 2 aromatic rings. The number of anilines is 1. The number of aryl methyl sites for hydroxylation is 2. The lowest BCUT2D eigenvalue weighted by Gasteiger charge is -2.37. The van der Waals surface area contributed by atoms with Crippen LogP contribution in [0.5, 0.6) is 0 Å². The Kier molecular flexibility index (Phi) is 4.87. The van der Waals surface area contributed by atoms with Crippen LogP contribution in [-0.2, 0) is 11.2 Å². The normalized spacial score (nSPS) is 21.3. The third-order valence-corrected chi connectivity index (χ3v) is 5.55. The molecular weight excluding hydrogens is 356 g/mol. The molecule has 3 heterocycles. The Hall–Kier alpha value is -2.41. The van der Waals surface area contributed by atoms with Crippen LogP contribution >= 0.6 is 0 Å². The van der Waals surface area contributed by atoms with Gasteiger partial charge in [0.05, 0.1) is 30.5 Å². The molecule has 0 aromatic carbocycles. The van der Waals surface area contributed by atoms with Crippen molar-refractivity contribution in [3.05, 3.63) is 40.6 Å². The summed E-state index contributed by atoms with van der Waals surface area (Å²) in [5.74, 6) is 2.03. The van der Waals surface area contributed by atoms with E-state index in [1.807, 2.05) is 20.0 Å². The van der Waals surface area contributed by atoms with Crippen LogP contribution in [-0.4, -0.2) is 42.2 Å². The van der Waals surface area contributed by atoms with Crippen LogP contribution in [0.4, 0.5) is 5.95 Å². The first-order valence-electron chi connectivity index (χ1n) is 9.89. The first-order chi connectivity index (χ1) is 13.3. The van der Waals surface area contributed by atoms with Gasteiger partial charge in [0.25, 0.3) is 5.91 Å². The van der Waals surface area contributed by atoms with Gasteiger partial charge in [-0.05, 0) is 38.2 Å². The smallest absolute Gasteiger partial charge is 0.255 e. The Balaban J connectivity index is 1.61. The number of amides is 1. The number of ether oxygens (including phenoxy) is 1. The molecule has 1 unspecified atom stereocenters. The summed E-state index contributed by atoms with van der Waals surface area (Å²) in [7, 11) is 0. The van der Waals surface area contributed by atoms with Gasteiger partial charge in [-0.1, -0.05) is 13.8 Å². The molecule has 0 spiro atoms. The molecule has 2 aliphatic rings. The number of fused-ring (bicyclic) bond motifs is 1. The van der Waals surface area contributed by atoms with Crippen molar-refractivity contribution in [1.29, 1.82) is 0 Å². The molecule has 1 saturated heterocycles. The van der Waals surface area contributed by atoms with Gasteiger partial charge in [-0.25, -0.2) is 9.97 Å². The fourth-order valence-corrected chi connectivity index (χ4v) is 4.17. The summed E-state index contributed by atoms with van der Waals surface area (Å²) in [6, 6.07) is 1.68. The van der Waals surface area contributed by atoms with Gasteiger partial charge in [-0.2, -0.15) is 0 Å². The SMILES string of the molecule is Cc1cc(C(=O)NC2CC(C)(C)Cc3nc(N4CCOCC4)ncc32)c(C)o1. The number of nitrogens with one attached hydrogen (secondary N) is 1. The fourth-order valence-electron chi connectivity index (χ4n) is 4.17. The van der Waals surface area contributed by atoms with Crippen molar-refractivity contribution in [3.63, 3.8) is 0 Å². The van der Waals surface area contributed by atoms with E-state index in [1.54, 1.807) is 6.07 Å². The maximum Gasteiger partial charge on any atom is 0.255 e. The lowest BCUT2D eigenvalue weighted by molar-refractivity contribution is 0.0917. The van der Waals surface area contributed by atoms with Gasteiger partial charge < -0.3 is 19.4 Å². The highest BCUT2D eigenvalue weighted by Crippen LogP contribution is 2.40. The first kappa shape index (κ1) is 18.9. The van der Waals surface area contributed by atoms with Gasteiger partial charge in [-0.3, -0.25) is 4.79 Å². The van der Waals surface area contributed by atoms with E-state index in [2.05, 4.69) is 29.0 Å². The molecule has 1 N–H and O–H groups in total. The van der Waals surface area contributed by atoms with Crippen molar-refractivity contribution >= 4 is 11.9 Å². The molecular formula is C21H28N4O3. The predicted molar refractivity (Wildman–Crippen MR) is 106 cm³/mol. The number of carbonyl (C=O) groups excluding carboxylic acids is 1. The average molecular weight is 384 g/mol. The summed E-state index contributed by atoms with van der Waals surface area (Å²) in [5, 5.41) is 3.19. The van der Waals surface area contributed by atoms with Crippen LogP contribution in [0.2, 0.25) is 0 Å². The summed E-state index contributed by atoms with van der Waals surface area (Å²) in [6.45, 7) is 11.1. The fraction of sp³-hybridized carbons (Fsp3) is 0.571. The quantitative estimate of drug-likeness (QED) is 0.876. The molecule has 0 saturated carbocycles. The van der Waals surface area contributed by atoms with E-state index in [0.717, 1.165) is 48.9 Å². The van der Waals surface area contributed by atoms with Crippen molar-refractivity contribution in [1.82, 2.24) is 15.3 Å². The Bertz CT molecular complexity index is 884. The number of hydrogen-bond acceptors (Lipinski definition) is 6. The zero-order valence-corrected chi connectivity index (χ0v) is 17.0. The van der Waals surface area contributed by atoms with Gasteiger partial charge in [0.1, 0.15) is 11.5 Å². The third-order valence-electron chi connectivity index (χ3n) is 5.55. The maximum absolute atomic E-state index is 12.8. The first-order valence-corrected chi connectivity index (χ1v) is 9.89. The summed E-state index contributed by atoms with van der Waals surface area (Å²) < 4.78 is 10.9. The molecule has 7 nitrogen and oxygen atoms in total. The molecule has 1 atom stereocenters. The minimum atomic E-state index is -0.111. The third kappa shape index (κ3) is 3.76. The number of nitrogens with zero attached hydrogens (tertiary/aromatic N) is 3. The van der Waals surface area contributed by atoms with E-state index in [1.165, 1.54) is 0 Å². The molecule has 1 amide bonds. The lowest BCUT2D eigenvalue weighted by atomic mass is 9.74. The van der Waals surface area contributed by atoms with Crippen molar-refractivity contribution in [2.75, 3.05) is 31.2 Å². The molecule has 1 aliphatic heterocycles. The van der Waals surface area contributed by atoms with Gasteiger partial charge in [0.15, 0.2) is 0 Å². The highest BCUT2D eigenvalue weighted by atomic mass is 16.5. The number of hydrogen-bond donors (Lipinski definition) is 1. The number of furan rings is 1. The molecule has 1 fully saturated rings. The molecule has 150 valence electrons. The Morgan fingerprint density at radius 2 is 2.04 bits per heavy atom. The molecule has 1 aliphatic carbocycles. The summed E-state index contributed by atoms with van der Waals surface area (Å²) >= 11 is 0. The Morgan fingerprint density at radius 3 is 2.71 bits per heavy atom. The zero-order chi connectivity index (χ0) is 19.9. The monoisotopic (exact) mass is 384 g/mol. The van der Waals surface area contributed by atoms with Crippen LogP contribution in [0.1, 0.15) is 59.4 Å². The maximum atomic E-state index is 12.8. The van der Waals surface area contributed by atoms with E-state index in [-0.39, 0.29) is 17.4 Å². The van der Waals surface area contributed by atoms with Crippen molar-refractivity contribution in [2.45, 2.75) is 46.6 Å². The van der Waals surface area contributed by atoms with E-state index < -0.39 is 0 Å². The van der Waals surface area contributed by atoms with E-state index >= 15 is 0 Å². The summed E-state index contributed by atoms with van der Waals surface area (Å²) in [6.07, 6.45) is 3.61. The molecule has 7 heteroatoms. The van der Waals surface area contributed by atoms with Crippen LogP contribution in [0.25, 0.3) is 0 Å². The van der Waals surface area contributed by atoms with Gasteiger partial charge in [0, 0.05) is 24.8 Å². The summed E-state index contributed by atoms with van der Waals surface area (Å²) in [5.41, 5.74) is 2.68. The Labute approximate surface area is 165 Å². The van der Waals surface area contributed by atoms with Gasteiger partial charge in [-0.15, -0.1) is 0 Å². The lowest BCUT2D eigenvalue weighted by Crippen LogP contribution is -2.39. The van der Waals surface area contributed by atoms with Crippen LogP contribution in [0.15, 0.2) is 16.7 Å². The second kappa shape index (κ2) is 7.20. The second-order valence-corrected chi connectivity index (χ2v) is 8.57. The minimum absolute atomic E-state index is 0.0446. The molecule has 4 rings (SSSR count). The topological polar surface area (TPSA) is 80.5 Å². The Morgan fingerprint density at radius 1 is 1.29 bits per heavy atom. The highest BCUT2D eigenvalue weighted by Gasteiger charge is 2.35. The van der Waals surface area contributed by atoms with E-state index in [9.17, 15) is 4.79 Å². The number of carbonyl (C=O) groups is 1. The zero-order valence-electron chi connectivity index (χ0n) is 17.0. The second-order valence-electron chi connectivity index (χ2n) is 8.57. The molecule has 0 bridgehead atoms. The van der Waals surface area contributed by atoms with E-state index in [4.69, 9.17) is 14.1 Å². The standard InChI is InChI=1S/C21H28N4O3/c1-13-9-15(14(2)28-13)19(26)23-17-10-21(3,4)11-18-16(17)12-22-20(24-18)25-5-7-27-8-6-25/h9,12,17H,5-8,10-11H2,1-4H3,(H,23,26). The number of rotatable bonds is 3. The van der Waals surface area contributed by atoms with Crippen LogP contribution in [0, 0.1) is 19.3 Å². The molecule has 0 radical (unpaired) electrons. The minimum Gasteiger partial charge on any atom is -0.466 e. The van der Waals surface area contributed by atoms with E-state index in [0.29, 0.717) is 24.5 Å². The van der Waals surface area contributed by atoms with Crippen LogP contribution in [0.3, 0.4) is 0 Å². The largest absolute Gasteiger partial charge is 0.466 e. The number of aromatic nitrogens is 2. The number of morpholine rings is 1. The highest BCUT2D eigenvalue weighted by molar-refractivity contribution is 5.95. The molecule has 28 heavy (non-hydrogen) atoms. The van der Waals surface area contributed by atoms with Crippen molar-refractivity contribution in [2.24, 2.45) is 5.41 Å². The predicted octanol–water partition coefficient (Wildman–Crippen LogP) is 2.97.